The van der Waals surface area contributed by atoms with E-state index in [4.69, 9.17) is 14.2 Å². The van der Waals surface area contributed by atoms with E-state index in [1.54, 1.807) is 14.2 Å². The van der Waals surface area contributed by atoms with Gasteiger partial charge in [-0.2, -0.15) is 4.99 Å². The number of carbonyl (C=O) groups is 1. The van der Waals surface area contributed by atoms with Gasteiger partial charge in [0.05, 0.1) is 37.5 Å². The number of carbonyl (C=O) groups excluding carboxylic acids is 1. The number of benzene rings is 2. The highest BCUT2D eigenvalue weighted by molar-refractivity contribution is 7.16. The lowest BCUT2D eigenvalue weighted by molar-refractivity contribution is -0.118. The summed E-state index contributed by atoms with van der Waals surface area (Å²) in [7, 11) is 3.22. The van der Waals surface area contributed by atoms with Gasteiger partial charge in [0, 0.05) is 18.7 Å². The largest absolute Gasteiger partial charge is 0.493 e. The normalized spacial score (nSPS) is 11.6. The number of thiazole rings is 1. The Labute approximate surface area is 168 Å². The van der Waals surface area contributed by atoms with Crippen LogP contribution in [0.2, 0.25) is 0 Å². The molecule has 0 unspecified atom stereocenters. The van der Waals surface area contributed by atoms with Gasteiger partial charge in [0.1, 0.15) is 5.75 Å². The van der Waals surface area contributed by atoms with Crippen molar-refractivity contribution in [2.24, 2.45) is 4.99 Å². The molecule has 28 heavy (non-hydrogen) atoms. The Morgan fingerprint density at radius 2 is 1.82 bits per heavy atom. The minimum absolute atomic E-state index is 0.203. The maximum Gasteiger partial charge on any atom is 0.251 e. The third kappa shape index (κ3) is 4.54. The monoisotopic (exact) mass is 400 g/mol. The third-order valence-corrected chi connectivity index (χ3v) is 5.22. The van der Waals surface area contributed by atoms with Crippen molar-refractivity contribution in [1.82, 2.24) is 4.57 Å². The first-order valence-corrected chi connectivity index (χ1v) is 9.98. The molecule has 0 saturated heterocycles. The maximum absolute atomic E-state index is 12.4. The average Bonchev–Trinajstić information content (AvgIpc) is 3.04. The second-order valence-corrected chi connectivity index (χ2v) is 7.14. The molecule has 1 amide bonds. The van der Waals surface area contributed by atoms with Crippen LogP contribution in [0.3, 0.4) is 0 Å². The Bertz CT molecular complexity index is 1010. The van der Waals surface area contributed by atoms with Crippen molar-refractivity contribution >= 4 is 27.5 Å². The average molecular weight is 401 g/mol. The number of para-hydroxylation sites is 1. The van der Waals surface area contributed by atoms with E-state index in [2.05, 4.69) is 16.5 Å². The summed E-state index contributed by atoms with van der Waals surface area (Å²) in [6, 6.07) is 13.3. The van der Waals surface area contributed by atoms with Gasteiger partial charge in [-0.05, 0) is 18.6 Å². The number of hydrogen-bond acceptors (Lipinski definition) is 5. The fourth-order valence-corrected chi connectivity index (χ4v) is 3.94. The van der Waals surface area contributed by atoms with Gasteiger partial charge in [0.25, 0.3) is 5.91 Å². The van der Waals surface area contributed by atoms with Crippen molar-refractivity contribution in [2.75, 3.05) is 20.8 Å². The molecule has 2 aromatic carbocycles. The molecule has 3 rings (SSSR count). The van der Waals surface area contributed by atoms with Gasteiger partial charge < -0.3 is 18.8 Å². The minimum Gasteiger partial charge on any atom is -0.493 e. The van der Waals surface area contributed by atoms with E-state index >= 15 is 0 Å². The Balaban J connectivity index is 1.85. The zero-order valence-corrected chi connectivity index (χ0v) is 17.1. The van der Waals surface area contributed by atoms with Crippen LogP contribution in [0, 0.1) is 0 Å². The smallest absolute Gasteiger partial charge is 0.251 e. The summed E-state index contributed by atoms with van der Waals surface area (Å²) < 4.78 is 19.4. The number of ether oxygens (including phenoxy) is 3. The second kappa shape index (κ2) is 9.41. The topological polar surface area (TPSA) is 62.1 Å². The van der Waals surface area contributed by atoms with Crippen molar-refractivity contribution in [3.05, 3.63) is 47.3 Å². The van der Waals surface area contributed by atoms with Crippen molar-refractivity contribution in [1.29, 1.82) is 0 Å². The van der Waals surface area contributed by atoms with Crippen LogP contribution >= 0.6 is 11.3 Å². The summed E-state index contributed by atoms with van der Waals surface area (Å²) >= 11 is 1.47. The van der Waals surface area contributed by atoms with Crippen LogP contribution in [0.1, 0.15) is 19.8 Å². The second-order valence-electron chi connectivity index (χ2n) is 6.13. The molecule has 0 aliphatic heterocycles. The number of hydrogen-bond donors (Lipinski definition) is 0. The number of fused-ring (bicyclic) bond motifs is 1. The molecule has 0 N–H and O–H groups in total. The predicted molar refractivity (Wildman–Crippen MR) is 110 cm³/mol. The summed E-state index contributed by atoms with van der Waals surface area (Å²) in [5.41, 5.74) is 0.983. The van der Waals surface area contributed by atoms with Crippen molar-refractivity contribution in [3.8, 4) is 17.2 Å². The third-order valence-electron chi connectivity index (χ3n) is 4.18. The van der Waals surface area contributed by atoms with Crippen LogP contribution in [0.5, 0.6) is 17.2 Å². The highest BCUT2D eigenvalue weighted by Gasteiger charge is 2.13. The number of aromatic nitrogens is 1. The van der Waals surface area contributed by atoms with Gasteiger partial charge in [-0.25, -0.2) is 0 Å². The molecule has 0 radical (unpaired) electrons. The summed E-state index contributed by atoms with van der Waals surface area (Å²) in [5.74, 6) is 1.87. The van der Waals surface area contributed by atoms with Gasteiger partial charge in [0.15, 0.2) is 16.3 Å². The molecule has 0 aliphatic carbocycles. The van der Waals surface area contributed by atoms with Crippen LogP contribution in [-0.4, -0.2) is 31.3 Å². The van der Waals surface area contributed by atoms with E-state index in [0.717, 1.165) is 28.9 Å². The first-order chi connectivity index (χ1) is 13.7. The number of methoxy groups -OCH3 is 2. The van der Waals surface area contributed by atoms with Crippen molar-refractivity contribution < 1.29 is 19.0 Å². The number of amides is 1. The molecular weight excluding hydrogens is 376 g/mol. The first kappa shape index (κ1) is 19.9. The standard InChI is InChI=1S/C21H24N2O4S/c1-4-11-23-16-13-17(25-2)18(26-3)14-19(16)28-21(23)22-20(24)10-12-27-15-8-6-5-7-9-15/h5-9,13-14H,4,10-12H2,1-3H3. The molecule has 0 fully saturated rings. The molecule has 0 bridgehead atoms. The predicted octanol–water partition coefficient (Wildman–Crippen LogP) is 4.03. The van der Waals surface area contributed by atoms with Crippen LogP contribution in [0.4, 0.5) is 0 Å². The summed E-state index contributed by atoms with van der Waals surface area (Å²) in [6.07, 6.45) is 1.15. The van der Waals surface area contributed by atoms with Crippen LogP contribution in [0.15, 0.2) is 47.5 Å². The molecule has 7 heteroatoms. The molecule has 0 spiro atoms. The molecule has 0 atom stereocenters. The molecule has 3 aromatic rings. The maximum atomic E-state index is 12.4. The van der Waals surface area contributed by atoms with Gasteiger partial charge in [-0.15, -0.1) is 0 Å². The molecule has 1 aromatic heterocycles. The molecule has 1 heterocycles. The lowest BCUT2D eigenvalue weighted by Gasteiger charge is -2.08. The number of nitrogens with zero attached hydrogens (tertiary/aromatic N) is 2. The first-order valence-electron chi connectivity index (χ1n) is 9.17. The summed E-state index contributed by atoms with van der Waals surface area (Å²) in [4.78, 5) is 17.4. The van der Waals surface area contributed by atoms with Crippen LogP contribution in [-0.2, 0) is 11.3 Å². The molecule has 6 nitrogen and oxygen atoms in total. The van der Waals surface area contributed by atoms with E-state index in [1.165, 1.54) is 11.3 Å². The van der Waals surface area contributed by atoms with Crippen LogP contribution < -0.4 is 19.0 Å². The van der Waals surface area contributed by atoms with Gasteiger partial charge in [0.2, 0.25) is 0 Å². The summed E-state index contributed by atoms with van der Waals surface area (Å²) in [6.45, 7) is 3.16. The van der Waals surface area contributed by atoms with Crippen LogP contribution in [0.25, 0.3) is 10.2 Å². The molecule has 0 aliphatic rings. The SMILES string of the molecule is CCCn1c(=NC(=O)CCOc2ccccc2)sc2cc(OC)c(OC)cc21. The zero-order chi connectivity index (χ0) is 19.9. The van der Waals surface area contributed by atoms with Crippen molar-refractivity contribution in [3.63, 3.8) is 0 Å². The van der Waals surface area contributed by atoms with E-state index in [1.807, 2.05) is 42.5 Å². The number of rotatable bonds is 8. The Hall–Kier alpha value is -2.80. The van der Waals surface area contributed by atoms with Gasteiger partial charge >= 0.3 is 0 Å². The Kier molecular flexibility index (Phi) is 6.71. The van der Waals surface area contributed by atoms with Gasteiger partial charge in [-0.1, -0.05) is 36.5 Å². The fourth-order valence-electron chi connectivity index (χ4n) is 2.86. The quantitative estimate of drug-likeness (QED) is 0.573. The molecular formula is C21H24N2O4S. The minimum atomic E-state index is -0.203. The highest BCUT2D eigenvalue weighted by Crippen LogP contribution is 2.33. The Morgan fingerprint density at radius 1 is 1.11 bits per heavy atom. The number of aryl methyl sites for hydroxylation is 1. The van der Waals surface area contributed by atoms with Crippen molar-refractivity contribution in [2.45, 2.75) is 26.3 Å². The molecule has 0 saturated carbocycles. The van der Waals surface area contributed by atoms with E-state index in [9.17, 15) is 4.79 Å². The fraction of sp³-hybridized carbons (Fsp3) is 0.333. The van der Waals surface area contributed by atoms with Gasteiger partial charge in [-0.3, -0.25) is 4.79 Å². The lowest BCUT2D eigenvalue weighted by atomic mass is 10.3. The van der Waals surface area contributed by atoms with E-state index in [-0.39, 0.29) is 12.3 Å². The zero-order valence-electron chi connectivity index (χ0n) is 16.3. The molecule has 148 valence electrons. The summed E-state index contributed by atoms with van der Waals surface area (Å²) in [5, 5.41) is 0. The van der Waals surface area contributed by atoms with E-state index in [0.29, 0.717) is 22.9 Å². The highest BCUT2D eigenvalue weighted by atomic mass is 32.1. The lowest BCUT2D eigenvalue weighted by Crippen LogP contribution is -2.17. The Morgan fingerprint density at radius 3 is 2.50 bits per heavy atom. The van der Waals surface area contributed by atoms with E-state index < -0.39 is 0 Å².